The van der Waals surface area contributed by atoms with E-state index in [2.05, 4.69) is 10.2 Å². The number of nitrogens with one attached hydrogen (secondary N) is 1. The predicted molar refractivity (Wildman–Crippen MR) is 104 cm³/mol. The number of amides is 1. The maximum absolute atomic E-state index is 14.0. The van der Waals surface area contributed by atoms with Gasteiger partial charge in [0.05, 0.1) is 23.1 Å². The van der Waals surface area contributed by atoms with Crippen molar-refractivity contribution < 1.29 is 9.18 Å². The smallest absolute Gasteiger partial charge is 0.257 e. The fourth-order valence-electron chi connectivity index (χ4n) is 3.34. The van der Waals surface area contributed by atoms with E-state index in [1.54, 1.807) is 35.4 Å². The van der Waals surface area contributed by atoms with Crippen LogP contribution in [0.5, 0.6) is 0 Å². The van der Waals surface area contributed by atoms with Gasteiger partial charge in [0.2, 0.25) is 0 Å². The zero-order valence-corrected chi connectivity index (χ0v) is 15.3. The van der Waals surface area contributed by atoms with Gasteiger partial charge >= 0.3 is 0 Å². The van der Waals surface area contributed by atoms with E-state index in [4.69, 9.17) is 11.6 Å². The van der Waals surface area contributed by atoms with Gasteiger partial charge in [0, 0.05) is 36.8 Å². The van der Waals surface area contributed by atoms with Gasteiger partial charge < -0.3 is 9.80 Å². The average Bonchev–Trinajstić information content (AvgIpc) is 3.18. The Labute approximate surface area is 161 Å². The zero-order chi connectivity index (χ0) is 18.8. The number of aromatic nitrogens is 2. The van der Waals surface area contributed by atoms with E-state index in [1.807, 2.05) is 23.1 Å². The van der Waals surface area contributed by atoms with Crippen LogP contribution in [0.25, 0.3) is 11.3 Å². The zero-order valence-electron chi connectivity index (χ0n) is 14.5. The highest BCUT2D eigenvalue weighted by atomic mass is 35.5. The lowest BCUT2D eigenvalue weighted by molar-refractivity contribution is 0.0747. The van der Waals surface area contributed by atoms with Crippen molar-refractivity contribution in [3.05, 3.63) is 71.1 Å². The molecule has 1 aromatic heterocycles. The SMILES string of the molecule is O=C(c1cn[nH]c1-c1cccc(Cl)c1)N1CCN(c2ccccc2F)CC1. The summed E-state index contributed by atoms with van der Waals surface area (Å²) in [7, 11) is 0. The van der Waals surface area contributed by atoms with Crippen molar-refractivity contribution in [2.45, 2.75) is 0 Å². The molecule has 0 saturated carbocycles. The second kappa shape index (κ2) is 7.40. The summed E-state index contributed by atoms with van der Waals surface area (Å²) in [5, 5.41) is 7.53. The molecule has 0 spiro atoms. The number of benzene rings is 2. The molecule has 2 aromatic carbocycles. The second-order valence-corrected chi connectivity index (χ2v) is 6.84. The first kappa shape index (κ1) is 17.5. The van der Waals surface area contributed by atoms with E-state index in [0.717, 1.165) is 5.56 Å². The van der Waals surface area contributed by atoms with Gasteiger partial charge in [-0.2, -0.15) is 5.10 Å². The average molecular weight is 385 g/mol. The summed E-state index contributed by atoms with van der Waals surface area (Å²) in [5.41, 5.74) is 2.55. The number of carbonyl (C=O) groups is 1. The Bertz CT molecular complexity index is 966. The summed E-state index contributed by atoms with van der Waals surface area (Å²) in [5.74, 6) is -0.331. The van der Waals surface area contributed by atoms with Crippen LogP contribution in [0.3, 0.4) is 0 Å². The quantitative estimate of drug-likeness (QED) is 0.746. The number of hydrogen-bond donors (Lipinski definition) is 1. The van der Waals surface area contributed by atoms with Gasteiger partial charge in [-0.25, -0.2) is 4.39 Å². The largest absolute Gasteiger partial charge is 0.366 e. The summed E-state index contributed by atoms with van der Waals surface area (Å²) in [6, 6.07) is 14.0. The van der Waals surface area contributed by atoms with Crippen LogP contribution in [-0.2, 0) is 0 Å². The van der Waals surface area contributed by atoms with Gasteiger partial charge in [-0.1, -0.05) is 35.9 Å². The third kappa shape index (κ3) is 3.53. The van der Waals surface area contributed by atoms with Gasteiger partial charge in [-0.05, 0) is 24.3 Å². The number of hydrogen-bond acceptors (Lipinski definition) is 3. The molecule has 2 heterocycles. The van der Waals surface area contributed by atoms with Crippen molar-refractivity contribution in [2.24, 2.45) is 0 Å². The van der Waals surface area contributed by atoms with Crippen molar-refractivity contribution >= 4 is 23.2 Å². The fourth-order valence-corrected chi connectivity index (χ4v) is 3.53. The molecular formula is C20H18ClFN4O. The maximum atomic E-state index is 14.0. The highest BCUT2D eigenvalue weighted by Gasteiger charge is 2.26. The van der Waals surface area contributed by atoms with Gasteiger partial charge in [0.15, 0.2) is 0 Å². The van der Waals surface area contributed by atoms with Crippen LogP contribution in [0, 0.1) is 5.82 Å². The first-order valence-electron chi connectivity index (χ1n) is 8.71. The summed E-state index contributed by atoms with van der Waals surface area (Å²) in [6.45, 7) is 2.20. The number of nitrogens with zero attached hydrogens (tertiary/aromatic N) is 3. The van der Waals surface area contributed by atoms with Crippen LogP contribution in [0.15, 0.2) is 54.7 Å². The number of halogens is 2. The molecule has 0 radical (unpaired) electrons. The molecule has 0 bridgehead atoms. The van der Waals surface area contributed by atoms with Gasteiger partial charge in [0.1, 0.15) is 5.82 Å². The standard InChI is InChI=1S/C20H18ClFN4O/c21-15-5-3-4-14(12-15)19-16(13-23-24-19)20(27)26-10-8-25(9-11-26)18-7-2-1-6-17(18)22/h1-7,12-13H,8-11H2,(H,23,24). The molecule has 1 saturated heterocycles. The molecule has 3 aromatic rings. The number of piperazine rings is 1. The van der Waals surface area contributed by atoms with Crippen LogP contribution in [0.1, 0.15) is 10.4 Å². The molecular weight excluding hydrogens is 367 g/mol. The van der Waals surface area contributed by atoms with Crippen molar-refractivity contribution in [1.29, 1.82) is 0 Å². The van der Waals surface area contributed by atoms with Crippen molar-refractivity contribution in [2.75, 3.05) is 31.1 Å². The summed E-state index contributed by atoms with van der Waals surface area (Å²) in [6.07, 6.45) is 1.54. The molecule has 138 valence electrons. The van der Waals surface area contributed by atoms with Crippen molar-refractivity contribution in [1.82, 2.24) is 15.1 Å². The third-order valence-corrected chi connectivity index (χ3v) is 4.98. The lowest BCUT2D eigenvalue weighted by Crippen LogP contribution is -2.49. The van der Waals surface area contributed by atoms with E-state index < -0.39 is 0 Å². The Morgan fingerprint density at radius 1 is 1.07 bits per heavy atom. The topological polar surface area (TPSA) is 52.2 Å². The number of aromatic amines is 1. The molecule has 1 fully saturated rings. The van der Waals surface area contributed by atoms with Gasteiger partial charge in [-0.15, -0.1) is 0 Å². The normalized spacial score (nSPS) is 14.4. The lowest BCUT2D eigenvalue weighted by Gasteiger charge is -2.36. The fraction of sp³-hybridized carbons (Fsp3) is 0.200. The summed E-state index contributed by atoms with van der Waals surface area (Å²) in [4.78, 5) is 16.7. The molecule has 27 heavy (non-hydrogen) atoms. The molecule has 0 aliphatic carbocycles. The van der Waals surface area contributed by atoms with Crippen LogP contribution >= 0.6 is 11.6 Å². The van der Waals surface area contributed by atoms with E-state index >= 15 is 0 Å². The second-order valence-electron chi connectivity index (χ2n) is 6.40. The molecule has 1 aliphatic heterocycles. The Kier molecular flexibility index (Phi) is 4.81. The minimum atomic E-state index is -0.240. The minimum absolute atomic E-state index is 0.0908. The highest BCUT2D eigenvalue weighted by Crippen LogP contribution is 2.26. The number of H-pyrrole nitrogens is 1. The van der Waals surface area contributed by atoms with E-state index in [1.165, 1.54) is 6.07 Å². The Morgan fingerprint density at radius 2 is 1.85 bits per heavy atom. The lowest BCUT2D eigenvalue weighted by atomic mass is 10.1. The van der Waals surface area contributed by atoms with Crippen LogP contribution in [0.2, 0.25) is 5.02 Å². The maximum Gasteiger partial charge on any atom is 0.257 e. The molecule has 7 heteroatoms. The summed E-state index contributed by atoms with van der Waals surface area (Å²) < 4.78 is 14.0. The highest BCUT2D eigenvalue weighted by molar-refractivity contribution is 6.30. The Balaban J connectivity index is 1.50. The third-order valence-electron chi connectivity index (χ3n) is 4.74. The number of para-hydroxylation sites is 1. The predicted octanol–water partition coefficient (Wildman–Crippen LogP) is 3.83. The molecule has 1 N–H and O–H groups in total. The number of carbonyl (C=O) groups excluding carboxylic acids is 1. The molecule has 1 amide bonds. The van der Waals surface area contributed by atoms with E-state index in [-0.39, 0.29) is 11.7 Å². The number of rotatable bonds is 3. The summed E-state index contributed by atoms with van der Waals surface area (Å²) >= 11 is 6.06. The number of anilines is 1. The monoisotopic (exact) mass is 384 g/mol. The first-order chi connectivity index (χ1) is 13.1. The van der Waals surface area contributed by atoms with Crippen LogP contribution in [-0.4, -0.2) is 47.2 Å². The molecule has 5 nitrogen and oxygen atoms in total. The van der Waals surface area contributed by atoms with E-state index in [9.17, 15) is 9.18 Å². The van der Waals surface area contributed by atoms with Crippen LogP contribution < -0.4 is 4.90 Å². The molecule has 0 atom stereocenters. The van der Waals surface area contributed by atoms with Crippen molar-refractivity contribution in [3.8, 4) is 11.3 Å². The Hall–Kier alpha value is -2.86. The Morgan fingerprint density at radius 3 is 2.59 bits per heavy atom. The minimum Gasteiger partial charge on any atom is -0.366 e. The van der Waals surface area contributed by atoms with Crippen molar-refractivity contribution in [3.63, 3.8) is 0 Å². The molecule has 0 unspecified atom stereocenters. The first-order valence-corrected chi connectivity index (χ1v) is 9.09. The van der Waals surface area contributed by atoms with Crippen LogP contribution in [0.4, 0.5) is 10.1 Å². The van der Waals surface area contributed by atoms with E-state index in [0.29, 0.717) is 48.1 Å². The molecule has 4 rings (SSSR count). The van der Waals surface area contributed by atoms with Gasteiger partial charge in [0.25, 0.3) is 5.91 Å². The van der Waals surface area contributed by atoms with Gasteiger partial charge in [-0.3, -0.25) is 9.89 Å². The molecule has 1 aliphatic rings.